The van der Waals surface area contributed by atoms with Crippen LogP contribution in [0.4, 0.5) is 4.79 Å². The van der Waals surface area contributed by atoms with E-state index in [-0.39, 0.29) is 6.09 Å². The lowest BCUT2D eigenvalue weighted by molar-refractivity contribution is 0.137. The Bertz CT molecular complexity index is 610. The highest BCUT2D eigenvalue weighted by Crippen LogP contribution is 2.20. The summed E-state index contributed by atoms with van der Waals surface area (Å²) in [6.07, 6.45) is 3.32. The van der Waals surface area contributed by atoms with E-state index in [2.05, 4.69) is 23.3 Å². The predicted octanol–water partition coefficient (Wildman–Crippen LogP) is 3.67. The van der Waals surface area contributed by atoms with Crippen LogP contribution < -0.4 is 4.74 Å². The summed E-state index contributed by atoms with van der Waals surface area (Å²) in [6, 6.07) is 6.79. The maximum absolute atomic E-state index is 12.2. The number of hydrogen-bond donors (Lipinski definition) is 0. The van der Waals surface area contributed by atoms with Crippen molar-refractivity contribution < 1.29 is 9.53 Å². The van der Waals surface area contributed by atoms with E-state index >= 15 is 0 Å². The first-order valence-electron chi connectivity index (χ1n) is 8.08. The molecule has 1 amide bonds. The molecule has 0 aromatic heterocycles. The van der Waals surface area contributed by atoms with Gasteiger partial charge in [0, 0.05) is 30.6 Å². The number of ether oxygens (including phenoxy) is 1. The second-order valence-electron chi connectivity index (χ2n) is 5.89. The van der Waals surface area contributed by atoms with E-state index in [1.54, 1.807) is 29.2 Å². The van der Waals surface area contributed by atoms with Crippen LogP contribution in [0.5, 0.6) is 5.75 Å². The summed E-state index contributed by atoms with van der Waals surface area (Å²) in [7, 11) is 2.02. The number of likely N-dealkylation sites (tertiary alicyclic amines) is 1. The van der Waals surface area contributed by atoms with Crippen molar-refractivity contribution in [1.82, 2.24) is 9.80 Å². The fourth-order valence-corrected chi connectivity index (χ4v) is 2.61. The van der Waals surface area contributed by atoms with E-state index in [9.17, 15) is 4.79 Å². The molecule has 1 saturated heterocycles. The number of rotatable bonds is 4. The number of carbonyl (C=O) groups excluding carboxylic acids is 1. The van der Waals surface area contributed by atoms with Crippen molar-refractivity contribution in [3.8, 4) is 17.6 Å². The molecule has 1 aliphatic rings. The Morgan fingerprint density at radius 1 is 1.42 bits per heavy atom. The van der Waals surface area contributed by atoms with Crippen molar-refractivity contribution in [1.29, 1.82) is 0 Å². The molecule has 1 heterocycles. The fourth-order valence-electron chi connectivity index (χ4n) is 2.48. The summed E-state index contributed by atoms with van der Waals surface area (Å²) in [5.74, 6) is 7.38. The zero-order chi connectivity index (χ0) is 17.4. The second-order valence-corrected chi connectivity index (χ2v) is 6.33. The van der Waals surface area contributed by atoms with E-state index in [1.807, 2.05) is 13.1 Å². The zero-order valence-electron chi connectivity index (χ0n) is 14.0. The fraction of sp³-hybridized carbons (Fsp3) is 0.421. The van der Waals surface area contributed by atoms with Crippen molar-refractivity contribution in [3.63, 3.8) is 0 Å². The molecule has 24 heavy (non-hydrogen) atoms. The third-order valence-electron chi connectivity index (χ3n) is 3.87. The summed E-state index contributed by atoms with van der Waals surface area (Å²) < 4.78 is 5.36. The lowest BCUT2D eigenvalue weighted by Gasteiger charge is -2.29. The van der Waals surface area contributed by atoms with Crippen molar-refractivity contribution >= 4 is 17.7 Å². The Labute approximate surface area is 149 Å². The van der Waals surface area contributed by atoms with Gasteiger partial charge in [-0.05, 0) is 44.2 Å². The molecule has 1 aromatic carbocycles. The quantitative estimate of drug-likeness (QED) is 0.616. The number of likely N-dealkylation sites (N-methyl/N-ethyl adjacent to an activating group) is 1. The minimum Gasteiger partial charge on any atom is -0.410 e. The number of benzene rings is 1. The van der Waals surface area contributed by atoms with Gasteiger partial charge < -0.3 is 9.64 Å². The van der Waals surface area contributed by atoms with E-state index in [0.29, 0.717) is 29.8 Å². The largest absolute Gasteiger partial charge is 0.415 e. The average Bonchev–Trinajstić information content (AvgIpc) is 2.58. The predicted molar refractivity (Wildman–Crippen MR) is 97.2 cm³/mol. The van der Waals surface area contributed by atoms with Gasteiger partial charge in [-0.1, -0.05) is 29.5 Å². The number of amides is 1. The number of halogens is 1. The van der Waals surface area contributed by atoms with Gasteiger partial charge in [-0.2, -0.15) is 0 Å². The molecule has 1 aliphatic heterocycles. The Hall–Kier alpha value is -1.96. The smallest absolute Gasteiger partial charge is 0.410 e. The maximum Gasteiger partial charge on any atom is 0.415 e. The van der Waals surface area contributed by atoms with Gasteiger partial charge in [0.05, 0.1) is 6.54 Å². The van der Waals surface area contributed by atoms with Crippen molar-refractivity contribution in [2.75, 3.05) is 33.2 Å². The molecule has 0 saturated carbocycles. The second kappa shape index (κ2) is 9.36. The summed E-state index contributed by atoms with van der Waals surface area (Å²) in [5, 5.41) is 0.618. The van der Waals surface area contributed by atoms with Gasteiger partial charge in [0.25, 0.3) is 0 Å². The Morgan fingerprint density at radius 2 is 2.08 bits per heavy atom. The summed E-state index contributed by atoms with van der Waals surface area (Å²) in [4.78, 5) is 16.0. The van der Waals surface area contributed by atoms with Gasteiger partial charge in [0.15, 0.2) is 0 Å². The van der Waals surface area contributed by atoms with Gasteiger partial charge in [0.2, 0.25) is 0 Å². The highest BCUT2D eigenvalue weighted by molar-refractivity contribution is 6.30. The maximum atomic E-state index is 12.2. The number of nitrogens with zero attached hydrogens (tertiary/aromatic N) is 2. The van der Waals surface area contributed by atoms with Crippen LogP contribution in [0.15, 0.2) is 36.9 Å². The molecule has 0 unspecified atom stereocenters. The van der Waals surface area contributed by atoms with E-state index < -0.39 is 0 Å². The molecule has 0 N–H and O–H groups in total. The molecule has 128 valence electrons. The van der Waals surface area contributed by atoms with Crippen molar-refractivity contribution in [2.45, 2.75) is 12.8 Å². The molecule has 0 atom stereocenters. The number of hydrogen-bond acceptors (Lipinski definition) is 3. The third kappa shape index (κ3) is 5.92. The molecular formula is C19H23ClN2O2. The first-order chi connectivity index (χ1) is 11.6. The van der Waals surface area contributed by atoms with Gasteiger partial charge in [-0.3, -0.25) is 4.90 Å². The highest BCUT2D eigenvalue weighted by atomic mass is 35.5. The molecule has 4 nitrogen and oxygen atoms in total. The van der Waals surface area contributed by atoms with E-state index in [1.165, 1.54) is 0 Å². The van der Waals surface area contributed by atoms with Gasteiger partial charge in [-0.25, -0.2) is 4.79 Å². The van der Waals surface area contributed by atoms with Crippen LogP contribution in [-0.2, 0) is 0 Å². The lowest BCUT2D eigenvalue weighted by Crippen LogP contribution is -2.39. The van der Waals surface area contributed by atoms with E-state index in [4.69, 9.17) is 16.3 Å². The van der Waals surface area contributed by atoms with Crippen LogP contribution in [0.3, 0.4) is 0 Å². The standard InChI is InChI=1S/C19H23ClN2O2/c1-3-12-21(2)13-4-5-16-10-14-22(15-11-16)19(23)24-18-8-6-17(20)7-9-18/h3,6-9,16H,1,10-15H2,2H3. The SMILES string of the molecule is C=CCN(C)CC#CC1CCN(C(=O)Oc2ccc(Cl)cc2)CC1. The molecule has 1 fully saturated rings. The lowest BCUT2D eigenvalue weighted by atomic mass is 9.98. The first kappa shape index (κ1) is 18.4. The van der Waals surface area contributed by atoms with Crippen LogP contribution >= 0.6 is 11.6 Å². The van der Waals surface area contributed by atoms with Gasteiger partial charge >= 0.3 is 6.09 Å². The van der Waals surface area contributed by atoms with Crippen LogP contribution in [0.1, 0.15) is 12.8 Å². The van der Waals surface area contributed by atoms with Gasteiger partial charge in [0.1, 0.15) is 5.75 Å². The summed E-state index contributed by atoms with van der Waals surface area (Å²) in [5.41, 5.74) is 0. The monoisotopic (exact) mass is 346 g/mol. The minimum absolute atomic E-state index is 0.311. The van der Waals surface area contributed by atoms with Crippen LogP contribution in [0.25, 0.3) is 0 Å². The van der Waals surface area contributed by atoms with Crippen LogP contribution in [-0.4, -0.2) is 49.1 Å². The number of carbonyl (C=O) groups is 1. The molecule has 0 spiro atoms. The van der Waals surface area contributed by atoms with Crippen molar-refractivity contribution in [2.24, 2.45) is 5.92 Å². The summed E-state index contributed by atoms with van der Waals surface area (Å²) >= 11 is 5.82. The molecule has 2 rings (SSSR count). The highest BCUT2D eigenvalue weighted by Gasteiger charge is 2.23. The Kier molecular flexibility index (Phi) is 7.17. The number of piperidine rings is 1. The Balaban J connectivity index is 1.75. The normalized spacial score (nSPS) is 14.9. The zero-order valence-corrected chi connectivity index (χ0v) is 14.8. The third-order valence-corrected chi connectivity index (χ3v) is 4.12. The van der Waals surface area contributed by atoms with Crippen molar-refractivity contribution in [3.05, 3.63) is 41.9 Å². The molecular weight excluding hydrogens is 324 g/mol. The first-order valence-corrected chi connectivity index (χ1v) is 8.46. The topological polar surface area (TPSA) is 32.8 Å². The minimum atomic E-state index is -0.311. The summed E-state index contributed by atoms with van der Waals surface area (Å²) in [6.45, 7) is 6.64. The van der Waals surface area contributed by atoms with Crippen LogP contribution in [0.2, 0.25) is 5.02 Å². The van der Waals surface area contributed by atoms with E-state index in [0.717, 1.165) is 25.9 Å². The van der Waals surface area contributed by atoms with Gasteiger partial charge in [-0.15, -0.1) is 6.58 Å². The van der Waals surface area contributed by atoms with Crippen LogP contribution in [0, 0.1) is 17.8 Å². The molecule has 0 bridgehead atoms. The molecule has 1 aromatic rings. The molecule has 5 heteroatoms. The average molecular weight is 347 g/mol. The molecule has 0 aliphatic carbocycles. The Morgan fingerprint density at radius 3 is 2.71 bits per heavy atom. The molecule has 0 radical (unpaired) electrons.